The van der Waals surface area contributed by atoms with E-state index in [2.05, 4.69) is 36.9 Å². The Bertz CT molecular complexity index is 1710. The SMILES string of the molecule is CC1(C)O[C@H]2[C@@H](O1)[C@](C#N)(c1ccc3c(N)ncnn13)O[C@@H]2COP(=O)(OCCOC(=S)C(C)(C)C)Oc1ccc(C(C)(C)C)cc1. The van der Waals surface area contributed by atoms with E-state index in [-0.39, 0.29) is 42.2 Å². The van der Waals surface area contributed by atoms with Crippen LogP contribution >= 0.6 is 20.0 Å². The van der Waals surface area contributed by atoms with Gasteiger partial charge in [0, 0.05) is 5.41 Å². The van der Waals surface area contributed by atoms with Gasteiger partial charge < -0.3 is 29.2 Å². The third kappa shape index (κ3) is 7.32. The van der Waals surface area contributed by atoms with Crippen LogP contribution < -0.4 is 10.3 Å². The molecule has 3 aromatic rings. The van der Waals surface area contributed by atoms with Gasteiger partial charge in [-0.15, -0.1) is 0 Å². The maximum atomic E-state index is 14.2. The number of phosphoric acid groups is 1. The Morgan fingerprint density at radius 1 is 1.06 bits per heavy atom. The summed E-state index contributed by atoms with van der Waals surface area (Å²) < 4.78 is 57.7. The minimum absolute atomic E-state index is 0.0232. The molecule has 1 aromatic carbocycles. The fourth-order valence-corrected chi connectivity index (χ4v) is 6.63. The van der Waals surface area contributed by atoms with Crippen molar-refractivity contribution in [3.63, 3.8) is 0 Å². The van der Waals surface area contributed by atoms with Gasteiger partial charge in [-0.25, -0.2) is 14.1 Å². The summed E-state index contributed by atoms with van der Waals surface area (Å²) in [5, 5.41) is 15.3. The molecule has 254 valence electrons. The molecule has 2 N–H and O–H groups in total. The maximum absolute atomic E-state index is 14.2. The van der Waals surface area contributed by atoms with Gasteiger partial charge in [-0.1, -0.05) is 53.7 Å². The second kappa shape index (κ2) is 12.7. The van der Waals surface area contributed by atoms with Crippen LogP contribution in [0.1, 0.15) is 66.6 Å². The predicted octanol–water partition coefficient (Wildman–Crippen LogP) is 5.86. The number of rotatable bonds is 10. The average Bonchev–Trinajstić information content (AvgIpc) is 3.64. The smallest absolute Gasteiger partial charge is 0.484 e. The number of hydrogen-bond acceptors (Lipinski definition) is 13. The molecule has 0 radical (unpaired) electrons. The van der Waals surface area contributed by atoms with Crippen LogP contribution in [0, 0.1) is 16.7 Å². The van der Waals surface area contributed by atoms with Crippen molar-refractivity contribution in [2.45, 2.75) is 90.5 Å². The van der Waals surface area contributed by atoms with Crippen molar-refractivity contribution in [3.8, 4) is 11.8 Å². The zero-order valence-corrected chi connectivity index (χ0v) is 29.6. The van der Waals surface area contributed by atoms with Crippen molar-refractivity contribution in [3.05, 3.63) is 54.0 Å². The molecule has 5 rings (SSSR count). The molecule has 1 unspecified atom stereocenters. The molecule has 2 aliphatic heterocycles. The van der Waals surface area contributed by atoms with E-state index in [0.29, 0.717) is 16.3 Å². The lowest BCUT2D eigenvalue weighted by molar-refractivity contribution is -0.204. The van der Waals surface area contributed by atoms with Crippen molar-refractivity contribution < 1.29 is 37.1 Å². The molecule has 15 heteroatoms. The molecule has 2 fully saturated rings. The molecule has 47 heavy (non-hydrogen) atoms. The topological polar surface area (TPSA) is 162 Å². The first kappa shape index (κ1) is 35.2. The van der Waals surface area contributed by atoms with Gasteiger partial charge in [0.25, 0.3) is 0 Å². The molecule has 0 saturated carbocycles. The standard InChI is InChI=1S/C32H42N5O8PS/c1-29(2,3)20-9-11-21(12-10-20)45-46(38,40-16-15-39-28(47)30(4,5)6)41-17-23-25-26(44-31(7,8)43-25)32(18-33,42-23)24-14-13-22-27(34)35-19-36-37(22)24/h9-14,19,23,25-26H,15-17H2,1-8H3,(H2,34,35,36)/t23-,25-,26-,32+,46?/m1/s1. The van der Waals surface area contributed by atoms with Gasteiger partial charge in [-0.05, 0) is 61.3 Å². The van der Waals surface area contributed by atoms with Crippen LogP contribution in [0.15, 0.2) is 42.7 Å². The predicted molar refractivity (Wildman–Crippen MR) is 177 cm³/mol. The van der Waals surface area contributed by atoms with Crippen molar-refractivity contribution >= 4 is 36.4 Å². The first-order valence-electron chi connectivity index (χ1n) is 15.3. The van der Waals surface area contributed by atoms with E-state index in [1.165, 1.54) is 10.8 Å². The van der Waals surface area contributed by atoms with Crippen LogP contribution in [0.2, 0.25) is 0 Å². The number of aromatic nitrogens is 3. The summed E-state index contributed by atoms with van der Waals surface area (Å²) >= 11 is 5.34. The van der Waals surface area contributed by atoms with Gasteiger partial charge in [-0.2, -0.15) is 10.4 Å². The van der Waals surface area contributed by atoms with Gasteiger partial charge in [0.1, 0.15) is 48.6 Å². The number of nitrogen functional groups attached to an aromatic ring is 1. The molecule has 2 aromatic heterocycles. The van der Waals surface area contributed by atoms with E-state index in [1.54, 1.807) is 38.1 Å². The highest BCUT2D eigenvalue weighted by molar-refractivity contribution is 7.80. The first-order valence-corrected chi connectivity index (χ1v) is 17.1. The summed E-state index contributed by atoms with van der Waals surface area (Å²) in [6, 6.07) is 12.8. The van der Waals surface area contributed by atoms with Gasteiger partial charge in [0.15, 0.2) is 16.7 Å². The number of fused-ring (bicyclic) bond motifs is 2. The number of ether oxygens (including phenoxy) is 4. The lowest BCUT2D eigenvalue weighted by atomic mass is 9.87. The van der Waals surface area contributed by atoms with Crippen LogP contribution in [-0.2, 0) is 43.6 Å². The van der Waals surface area contributed by atoms with E-state index in [4.69, 9.17) is 50.5 Å². The lowest BCUT2D eigenvalue weighted by Crippen LogP contribution is -2.40. The zero-order valence-electron chi connectivity index (χ0n) is 27.9. The Labute approximate surface area is 280 Å². The van der Waals surface area contributed by atoms with Gasteiger partial charge in [0.2, 0.25) is 5.60 Å². The van der Waals surface area contributed by atoms with Crippen molar-refractivity contribution in [1.82, 2.24) is 14.6 Å². The number of benzene rings is 1. The third-order valence-electron chi connectivity index (χ3n) is 7.77. The Kier molecular flexibility index (Phi) is 9.51. The van der Waals surface area contributed by atoms with Crippen LogP contribution in [0.25, 0.3) is 5.52 Å². The summed E-state index contributed by atoms with van der Waals surface area (Å²) in [5.41, 5.74) is 5.84. The van der Waals surface area contributed by atoms with E-state index in [9.17, 15) is 9.83 Å². The first-order chi connectivity index (χ1) is 21.9. The monoisotopic (exact) mass is 687 g/mol. The van der Waals surface area contributed by atoms with Crippen molar-refractivity contribution in [2.75, 3.05) is 25.6 Å². The second-order valence-electron chi connectivity index (χ2n) is 14.0. The second-order valence-corrected chi connectivity index (χ2v) is 16.0. The number of anilines is 1. The summed E-state index contributed by atoms with van der Waals surface area (Å²) in [6.07, 6.45) is -1.33. The van der Waals surface area contributed by atoms with Gasteiger partial charge in [-0.3, -0.25) is 9.05 Å². The Hall–Kier alpha value is -3.15. The number of thiocarbonyl (C=S) groups is 1. The zero-order chi connectivity index (χ0) is 34.4. The minimum atomic E-state index is -4.30. The summed E-state index contributed by atoms with van der Waals surface area (Å²) in [5.74, 6) is -0.548. The average molecular weight is 688 g/mol. The minimum Gasteiger partial charge on any atom is -0.484 e. The number of nitriles is 1. The molecule has 0 aliphatic carbocycles. The molecular formula is C32H42N5O8PS. The quantitative estimate of drug-likeness (QED) is 0.153. The highest BCUT2D eigenvalue weighted by atomic mass is 32.1. The van der Waals surface area contributed by atoms with Crippen LogP contribution in [0.3, 0.4) is 0 Å². The number of hydrogen-bond donors (Lipinski definition) is 1. The molecular weight excluding hydrogens is 645 g/mol. The van der Waals surface area contributed by atoms with Crippen LogP contribution in [-0.4, -0.2) is 63.6 Å². The molecule has 2 aliphatic rings. The molecule has 0 spiro atoms. The third-order valence-corrected chi connectivity index (χ3v) is 9.90. The van der Waals surface area contributed by atoms with E-state index in [1.807, 2.05) is 32.9 Å². The Morgan fingerprint density at radius 2 is 1.77 bits per heavy atom. The van der Waals surface area contributed by atoms with Crippen molar-refractivity contribution in [2.24, 2.45) is 5.41 Å². The van der Waals surface area contributed by atoms with Gasteiger partial charge >= 0.3 is 7.82 Å². The largest absolute Gasteiger partial charge is 0.530 e. The van der Waals surface area contributed by atoms with E-state index < -0.39 is 37.5 Å². The summed E-state index contributed by atoms with van der Waals surface area (Å²) in [7, 11) is -4.30. The molecule has 5 atom stereocenters. The molecule has 13 nitrogen and oxygen atoms in total. The number of nitrogens with zero attached hydrogens (tertiary/aromatic N) is 4. The lowest BCUT2D eigenvalue weighted by Gasteiger charge is -2.29. The fourth-order valence-electron chi connectivity index (χ4n) is 5.36. The van der Waals surface area contributed by atoms with Gasteiger partial charge in [0.05, 0.1) is 18.9 Å². The summed E-state index contributed by atoms with van der Waals surface area (Å²) in [4.78, 5) is 4.03. The van der Waals surface area contributed by atoms with Crippen molar-refractivity contribution in [1.29, 1.82) is 5.26 Å². The molecule has 2 saturated heterocycles. The highest BCUT2D eigenvalue weighted by Crippen LogP contribution is 2.53. The van der Waals surface area contributed by atoms with Crippen LogP contribution in [0.5, 0.6) is 5.75 Å². The Morgan fingerprint density at radius 3 is 2.40 bits per heavy atom. The fraction of sp³-hybridized carbons (Fsp3) is 0.562. The number of phosphoric ester groups is 1. The van der Waals surface area contributed by atoms with E-state index >= 15 is 0 Å². The van der Waals surface area contributed by atoms with E-state index in [0.717, 1.165) is 5.56 Å². The summed E-state index contributed by atoms with van der Waals surface area (Å²) in [6.45, 7) is 15.1. The highest BCUT2D eigenvalue weighted by Gasteiger charge is 2.65. The normalized spacial score (nSPS) is 25.2. The number of nitrogens with two attached hydrogens (primary N) is 1. The molecule has 4 heterocycles. The molecule has 0 bridgehead atoms. The maximum Gasteiger partial charge on any atom is 0.530 e. The molecule has 0 amide bonds. The van der Waals surface area contributed by atoms with Crippen LogP contribution in [0.4, 0.5) is 5.82 Å². The Balaban J connectivity index is 1.40.